The van der Waals surface area contributed by atoms with Crippen LogP contribution in [0.2, 0.25) is 0 Å². The standard InChI is InChI=1S/C38H72N2O12/c1-15-27-38(10,46)31(42)24(6)40(13)19-20(2)17-36(8,45)33(52-35-29(41)26(39(11)12)16-21(3)48-35)22(4)30(23(5)34(44)50-27)51-28-18-37(9,47-14)32(43)25(7)49-28/h20-33,35,41-43,45-46H,15-19H2,1-14H3/t20-,21-,22-,23-,24-,25?,26+,27-,28?,29?,30?,31-,32?,33-,35?,36-,37+,38-/m1/s1. The Kier molecular flexibility index (Phi) is 15.6. The third kappa shape index (κ3) is 10.0. The summed E-state index contributed by atoms with van der Waals surface area (Å²) in [4.78, 5) is 18.0. The minimum atomic E-state index is -1.80. The number of methoxy groups -OCH3 is 1. The summed E-state index contributed by atoms with van der Waals surface area (Å²) in [6, 6.07) is -0.808. The molecule has 3 aliphatic heterocycles. The molecular formula is C38H72N2O12. The molecule has 3 saturated heterocycles. The Morgan fingerprint density at radius 2 is 1.56 bits per heavy atom. The molecule has 0 amide bonds. The summed E-state index contributed by atoms with van der Waals surface area (Å²) in [6.07, 6.45) is -8.19. The van der Waals surface area contributed by atoms with Crippen molar-refractivity contribution in [1.82, 2.24) is 9.80 Å². The number of hydrogen-bond acceptors (Lipinski definition) is 14. The number of esters is 1. The van der Waals surface area contributed by atoms with E-state index in [4.69, 9.17) is 28.4 Å². The van der Waals surface area contributed by atoms with Gasteiger partial charge in [0.15, 0.2) is 12.6 Å². The zero-order valence-electron chi connectivity index (χ0n) is 34.2. The van der Waals surface area contributed by atoms with Gasteiger partial charge >= 0.3 is 5.97 Å². The van der Waals surface area contributed by atoms with Crippen molar-refractivity contribution in [2.24, 2.45) is 17.8 Å². The first-order valence-electron chi connectivity index (χ1n) is 19.1. The number of carbonyl (C=O) groups is 1. The summed E-state index contributed by atoms with van der Waals surface area (Å²) in [7, 11) is 7.12. The first-order valence-corrected chi connectivity index (χ1v) is 19.1. The SMILES string of the molecule is CC[C@H]1OC(=O)[C@H](C)C(OC2C[C@](C)(OC)C(O)C(C)O2)[C@@H](C)[C@@H](OC2O[C@H](C)C[C@H](N(C)C)C2O)[C@](C)(O)C[C@@H](C)CN(C)[C@H](C)[C@@H](O)[C@]1(C)O. The van der Waals surface area contributed by atoms with Gasteiger partial charge in [0, 0.05) is 38.1 Å². The van der Waals surface area contributed by atoms with Crippen molar-refractivity contribution in [2.45, 2.75) is 185 Å². The summed E-state index contributed by atoms with van der Waals surface area (Å²) in [6.45, 7) is 18.0. The van der Waals surface area contributed by atoms with Crippen molar-refractivity contribution in [3.8, 4) is 0 Å². The fraction of sp³-hybridized carbons (Fsp3) is 0.974. The fourth-order valence-electron chi connectivity index (χ4n) is 8.74. The maximum absolute atomic E-state index is 14.2. The Balaban J connectivity index is 2.17. The third-order valence-electron chi connectivity index (χ3n) is 12.2. The number of aliphatic hydroxyl groups excluding tert-OH is 3. The average molecular weight is 749 g/mol. The summed E-state index contributed by atoms with van der Waals surface area (Å²) < 4.78 is 37.5. The molecule has 0 aromatic carbocycles. The molecule has 0 aromatic rings. The predicted molar refractivity (Wildman–Crippen MR) is 194 cm³/mol. The summed E-state index contributed by atoms with van der Waals surface area (Å²) in [5.74, 6) is -2.58. The van der Waals surface area contributed by atoms with Crippen LogP contribution < -0.4 is 0 Å². The molecule has 52 heavy (non-hydrogen) atoms. The van der Waals surface area contributed by atoms with Crippen LogP contribution in [-0.2, 0) is 33.2 Å². The molecule has 3 rings (SSSR count). The van der Waals surface area contributed by atoms with E-state index >= 15 is 0 Å². The van der Waals surface area contributed by atoms with Crippen molar-refractivity contribution < 1.29 is 58.7 Å². The van der Waals surface area contributed by atoms with Crippen LogP contribution in [0.15, 0.2) is 0 Å². The molecule has 0 aromatic heterocycles. The molecule has 5 N–H and O–H groups in total. The van der Waals surface area contributed by atoms with E-state index in [0.717, 1.165) is 0 Å². The lowest BCUT2D eigenvalue weighted by Crippen LogP contribution is -2.60. The number of rotatable bonds is 7. The summed E-state index contributed by atoms with van der Waals surface area (Å²) in [5, 5.41) is 58.1. The van der Waals surface area contributed by atoms with Crippen molar-refractivity contribution in [1.29, 1.82) is 0 Å². The second kappa shape index (κ2) is 17.8. The molecular weight excluding hydrogens is 676 g/mol. The van der Waals surface area contributed by atoms with Gasteiger partial charge in [-0.2, -0.15) is 0 Å². The first-order chi connectivity index (χ1) is 23.9. The smallest absolute Gasteiger partial charge is 0.311 e. The van der Waals surface area contributed by atoms with Crippen LogP contribution in [0.3, 0.4) is 0 Å². The highest BCUT2D eigenvalue weighted by molar-refractivity contribution is 5.73. The van der Waals surface area contributed by atoms with Gasteiger partial charge in [-0.1, -0.05) is 20.8 Å². The quantitative estimate of drug-likeness (QED) is 0.238. The monoisotopic (exact) mass is 749 g/mol. The lowest BCUT2D eigenvalue weighted by molar-refractivity contribution is -0.318. The number of nitrogens with zero attached hydrogens (tertiary/aromatic N) is 2. The maximum atomic E-state index is 14.2. The van der Waals surface area contributed by atoms with E-state index < -0.39 is 96.0 Å². The Hall–Kier alpha value is -1.01. The number of hydrogen-bond donors (Lipinski definition) is 5. The topological polar surface area (TPSA) is 180 Å². The van der Waals surface area contributed by atoms with Gasteiger partial charge in [-0.05, 0) is 94.8 Å². The van der Waals surface area contributed by atoms with Gasteiger partial charge in [-0.3, -0.25) is 4.79 Å². The Morgan fingerprint density at radius 3 is 2.12 bits per heavy atom. The zero-order valence-corrected chi connectivity index (χ0v) is 34.2. The van der Waals surface area contributed by atoms with E-state index in [0.29, 0.717) is 13.0 Å². The zero-order chi connectivity index (χ0) is 39.7. The molecule has 14 heteroatoms. The lowest BCUT2D eigenvalue weighted by atomic mass is 9.77. The van der Waals surface area contributed by atoms with E-state index in [2.05, 4.69) is 0 Å². The molecule has 0 radical (unpaired) electrons. The van der Waals surface area contributed by atoms with Crippen LogP contribution in [-0.4, -0.2) is 166 Å². The van der Waals surface area contributed by atoms with Gasteiger partial charge in [0.1, 0.15) is 30.0 Å². The van der Waals surface area contributed by atoms with Crippen LogP contribution in [0.25, 0.3) is 0 Å². The Morgan fingerprint density at radius 1 is 0.942 bits per heavy atom. The average Bonchev–Trinajstić information content (AvgIpc) is 3.05. The third-order valence-corrected chi connectivity index (χ3v) is 12.2. The highest BCUT2D eigenvalue weighted by Crippen LogP contribution is 2.40. The van der Waals surface area contributed by atoms with Crippen LogP contribution in [0.5, 0.6) is 0 Å². The molecule has 0 bridgehead atoms. The van der Waals surface area contributed by atoms with Crippen LogP contribution in [0.4, 0.5) is 0 Å². The van der Waals surface area contributed by atoms with Crippen molar-refractivity contribution in [3.05, 3.63) is 0 Å². The number of carbonyl (C=O) groups excluding carboxylic acids is 1. The molecule has 18 atom stereocenters. The molecule has 6 unspecified atom stereocenters. The number of aliphatic hydroxyl groups is 5. The number of ether oxygens (including phenoxy) is 6. The Labute approximate surface area is 312 Å². The van der Waals surface area contributed by atoms with Gasteiger partial charge in [0.25, 0.3) is 0 Å². The van der Waals surface area contributed by atoms with Gasteiger partial charge in [-0.15, -0.1) is 0 Å². The number of cyclic esters (lactones) is 1. The first kappa shape index (κ1) is 45.4. The van der Waals surface area contributed by atoms with Crippen molar-refractivity contribution in [3.63, 3.8) is 0 Å². The van der Waals surface area contributed by atoms with Gasteiger partial charge in [0.05, 0.1) is 41.5 Å². The second-order valence-corrected chi connectivity index (χ2v) is 17.2. The minimum absolute atomic E-state index is 0.133. The normalized spacial score (nSPS) is 49.6. The lowest BCUT2D eigenvalue weighted by Gasteiger charge is -2.48. The van der Waals surface area contributed by atoms with Gasteiger partial charge in [-0.25, -0.2) is 0 Å². The molecule has 306 valence electrons. The molecule has 3 aliphatic rings. The van der Waals surface area contributed by atoms with E-state index in [1.54, 1.807) is 41.5 Å². The van der Waals surface area contributed by atoms with Crippen molar-refractivity contribution >= 4 is 5.97 Å². The van der Waals surface area contributed by atoms with E-state index in [-0.39, 0.29) is 37.3 Å². The second-order valence-electron chi connectivity index (χ2n) is 17.2. The predicted octanol–water partition coefficient (Wildman–Crippen LogP) is 1.90. The largest absolute Gasteiger partial charge is 0.459 e. The fourth-order valence-corrected chi connectivity index (χ4v) is 8.74. The molecule has 0 spiro atoms. The molecule has 0 aliphatic carbocycles. The molecule has 14 nitrogen and oxygen atoms in total. The van der Waals surface area contributed by atoms with Crippen LogP contribution >= 0.6 is 0 Å². The molecule has 3 fully saturated rings. The van der Waals surface area contributed by atoms with E-state index in [1.807, 2.05) is 51.7 Å². The maximum Gasteiger partial charge on any atom is 0.311 e. The van der Waals surface area contributed by atoms with E-state index in [9.17, 15) is 30.3 Å². The summed E-state index contributed by atoms with van der Waals surface area (Å²) >= 11 is 0. The minimum Gasteiger partial charge on any atom is -0.459 e. The van der Waals surface area contributed by atoms with E-state index in [1.165, 1.54) is 14.0 Å². The molecule has 0 saturated carbocycles. The van der Waals surface area contributed by atoms with Gasteiger partial charge < -0.3 is 63.8 Å². The Bertz CT molecular complexity index is 1140. The van der Waals surface area contributed by atoms with Crippen LogP contribution in [0, 0.1) is 17.8 Å². The summed E-state index contributed by atoms with van der Waals surface area (Å²) in [5.41, 5.74) is -4.37. The molecule has 3 heterocycles. The highest BCUT2D eigenvalue weighted by atomic mass is 16.7. The van der Waals surface area contributed by atoms with Crippen molar-refractivity contribution in [2.75, 3.05) is 34.8 Å². The van der Waals surface area contributed by atoms with Gasteiger partial charge in [0.2, 0.25) is 0 Å². The van der Waals surface area contributed by atoms with Crippen LogP contribution in [0.1, 0.15) is 94.9 Å². The highest BCUT2D eigenvalue weighted by Gasteiger charge is 2.52. The number of likely N-dealkylation sites (N-methyl/N-ethyl adjacent to an activating group) is 2.